The van der Waals surface area contributed by atoms with Crippen LogP contribution >= 0.6 is 0 Å². The number of aryl methyl sites for hydroxylation is 1. The van der Waals surface area contributed by atoms with Crippen LogP contribution < -0.4 is 15.0 Å². The number of ether oxygens (including phenoxy) is 1. The third kappa shape index (κ3) is 4.26. The highest BCUT2D eigenvalue weighted by Crippen LogP contribution is 2.26. The molecule has 2 amide bonds. The van der Waals surface area contributed by atoms with Crippen molar-refractivity contribution in [1.29, 1.82) is 0 Å². The molecule has 0 fully saturated rings. The maximum Gasteiger partial charge on any atom is 0.387 e. The summed E-state index contributed by atoms with van der Waals surface area (Å²) in [5.41, 5.74) is 2.57. The maximum atomic E-state index is 12.6. The zero-order chi connectivity index (χ0) is 17.6. The Kier molecular flexibility index (Phi) is 5.48. The molecule has 2 aromatic carbocycles. The van der Waals surface area contributed by atoms with E-state index in [-0.39, 0.29) is 18.3 Å². The maximum absolute atomic E-state index is 12.6. The van der Waals surface area contributed by atoms with Crippen molar-refractivity contribution >= 4 is 11.7 Å². The van der Waals surface area contributed by atoms with Gasteiger partial charge in [0.2, 0.25) is 0 Å². The van der Waals surface area contributed by atoms with Crippen molar-refractivity contribution < 1.29 is 18.3 Å². The monoisotopic (exact) mass is 346 g/mol. The first kappa shape index (κ1) is 17.2. The van der Waals surface area contributed by atoms with Crippen LogP contribution in [0, 0.1) is 0 Å². The lowest BCUT2D eigenvalue weighted by Crippen LogP contribution is -2.40. The van der Waals surface area contributed by atoms with Gasteiger partial charge in [-0.25, -0.2) is 4.79 Å². The largest absolute Gasteiger partial charge is 0.434 e. The van der Waals surface area contributed by atoms with E-state index < -0.39 is 6.61 Å². The summed E-state index contributed by atoms with van der Waals surface area (Å²) in [6.45, 7) is -2.13. The number of benzene rings is 2. The Morgan fingerprint density at radius 2 is 1.88 bits per heavy atom. The highest BCUT2D eigenvalue weighted by molar-refractivity contribution is 5.93. The molecule has 0 bridgehead atoms. The molecule has 1 aliphatic rings. The molecule has 1 N–H and O–H groups in total. The van der Waals surface area contributed by atoms with Gasteiger partial charge in [-0.05, 0) is 37.0 Å². The fourth-order valence-electron chi connectivity index (χ4n) is 3.03. The lowest BCUT2D eigenvalue weighted by molar-refractivity contribution is -0.0504. The van der Waals surface area contributed by atoms with E-state index in [2.05, 4.69) is 10.1 Å². The molecule has 4 nitrogen and oxygen atoms in total. The van der Waals surface area contributed by atoms with Crippen molar-refractivity contribution in [3.8, 4) is 5.75 Å². The Labute approximate surface area is 145 Å². The van der Waals surface area contributed by atoms with Gasteiger partial charge in [-0.3, -0.25) is 4.90 Å². The number of carbonyl (C=O) groups excluding carboxylic acids is 1. The van der Waals surface area contributed by atoms with Gasteiger partial charge < -0.3 is 10.1 Å². The standard InChI is InChI=1S/C19H20F2N2O2/c20-18(21)25-17-11-4-2-9-15(17)13-22-19(24)23-12-6-5-8-14-7-1-3-10-16(14)23/h1-4,7,9-11,18H,5-6,8,12-13H2,(H,22,24). The Morgan fingerprint density at radius 1 is 1.12 bits per heavy atom. The lowest BCUT2D eigenvalue weighted by Gasteiger charge is -2.23. The molecular formula is C19H20F2N2O2. The Bertz CT molecular complexity index is 737. The summed E-state index contributed by atoms with van der Waals surface area (Å²) in [5, 5.41) is 2.81. The van der Waals surface area contributed by atoms with E-state index in [0.29, 0.717) is 12.1 Å². The number of para-hydroxylation sites is 2. The SMILES string of the molecule is O=C(NCc1ccccc1OC(F)F)N1CCCCc2ccccc21. The molecule has 1 heterocycles. The number of amides is 2. The number of anilines is 1. The van der Waals surface area contributed by atoms with Crippen LogP contribution in [0.15, 0.2) is 48.5 Å². The van der Waals surface area contributed by atoms with E-state index in [4.69, 9.17) is 0 Å². The smallest absolute Gasteiger partial charge is 0.387 e. The van der Waals surface area contributed by atoms with Crippen LogP contribution in [0.1, 0.15) is 24.0 Å². The van der Waals surface area contributed by atoms with Crippen molar-refractivity contribution in [2.24, 2.45) is 0 Å². The Morgan fingerprint density at radius 3 is 2.72 bits per heavy atom. The van der Waals surface area contributed by atoms with E-state index in [1.165, 1.54) is 6.07 Å². The van der Waals surface area contributed by atoms with Gasteiger partial charge in [0.25, 0.3) is 0 Å². The molecule has 3 rings (SSSR count). The molecule has 0 aliphatic carbocycles. The molecule has 0 saturated heterocycles. The predicted molar refractivity (Wildman–Crippen MR) is 92.0 cm³/mol. The minimum absolute atomic E-state index is 0.0778. The summed E-state index contributed by atoms with van der Waals surface area (Å²) < 4.78 is 29.5. The average Bonchev–Trinajstić information content (AvgIpc) is 2.83. The second kappa shape index (κ2) is 7.96. The first-order chi connectivity index (χ1) is 12.1. The van der Waals surface area contributed by atoms with Crippen LogP contribution in [-0.2, 0) is 13.0 Å². The number of nitrogens with one attached hydrogen (secondary N) is 1. The van der Waals surface area contributed by atoms with Gasteiger partial charge in [0, 0.05) is 24.3 Å². The molecule has 0 unspecified atom stereocenters. The lowest BCUT2D eigenvalue weighted by atomic mass is 10.1. The number of hydrogen-bond donors (Lipinski definition) is 1. The van der Waals surface area contributed by atoms with Crippen molar-refractivity contribution in [3.63, 3.8) is 0 Å². The van der Waals surface area contributed by atoms with Crippen molar-refractivity contribution in [3.05, 3.63) is 59.7 Å². The minimum atomic E-state index is -2.89. The number of alkyl halides is 2. The second-order valence-electron chi connectivity index (χ2n) is 5.88. The first-order valence-electron chi connectivity index (χ1n) is 8.31. The van der Waals surface area contributed by atoms with E-state index in [0.717, 1.165) is 30.5 Å². The summed E-state index contributed by atoms with van der Waals surface area (Å²) in [6, 6.07) is 14.1. The molecule has 6 heteroatoms. The van der Waals surface area contributed by atoms with Gasteiger partial charge in [0.15, 0.2) is 0 Å². The second-order valence-corrected chi connectivity index (χ2v) is 5.88. The summed E-state index contributed by atoms with van der Waals surface area (Å²) >= 11 is 0. The molecular weight excluding hydrogens is 326 g/mol. The van der Waals surface area contributed by atoms with Gasteiger partial charge in [0.1, 0.15) is 5.75 Å². The number of nitrogens with zero attached hydrogens (tertiary/aromatic N) is 1. The number of carbonyl (C=O) groups is 1. The third-order valence-electron chi connectivity index (χ3n) is 4.22. The Balaban J connectivity index is 1.71. The highest BCUT2D eigenvalue weighted by Gasteiger charge is 2.21. The van der Waals surface area contributed by atoms with Crippen LogP contribution in [-0.4, -0.2) is 19.2 Å². The Hall–Kier alpha value is -2.63. The zero-order valence-corrected chi connectivity index (χ0v) is 13.8. The molecule has 132 valence electrons. The van der Waals surface area contributed by atoms with Gasteiger partial charge in [-0.1, -0.05) is 36.4 Å². The highest BCUT2D eigenvalue weighted by atomic mass is 19.3. The summed E-state index contributed by atoms with van der Waals surface area (Å²) in [5.74, 6) is 0.0778. The number of urea groups is 1. The fourth-order valence-corrected chi connectivity index (χ4v) is 3.03. The van der Waals surface area contributed by atoms with Gasteiger partial charge >= 0.3 is 12.6 Å². The molecule has 0 radical (unpaired) electrons. The molecule has 0 aromatic heterocycles. The molecule has 0 saturated carbocycles. The molecule has 0 spiro atoms. The summed E-state index contributed by atoms with van der Waals surface area (Å²) in [6.07, 6.45) is 2.91. The van der Waals surface area contributed by atoms with E-state index in [1.807, 2.05) is 24.3 Å². The fraction of sp³-hybridized carbons (Fsp3) is 0.316. The van der Waals surface area contributed by atoms with Crippen molar-refractivity contribution in [1.82, 2.24) is 5.32 Å². The predicted octanol–water partition coefficient (Wildman–Crippen LogP) is 4.34. The molecule has 25 heavy (non-hydrogen) atoms. The minimum Gasteiger partial charge on any atom is -0.434 e. The molecule has 2 aromatic rings. The van der Waals surface area contributed by atoms with Crippen LogP contribution in [0.5, 0.6) is 5.75 Å². The van der Waals surface area contributed by atoms with Crippen LogP contribution in [0.3, 0.4) is 0 Å². The van der Waals surface area contributed by atoms with E-state index in [1.54, 1.807) is 23.1 Å². The average molecular weight is 346 g/mol. The third-order valence-corrected chi connectivity index (χ3v) is 4.22. The van der Waals surface area contributed by atoms with Crippen molar-refractivity contribution in [2.75, 3.05) is 11.4 Å². The molecule has 1 aliphatic heterocycles. The number of rotatable bonds is 4. The van der Waals surface area contributed by atoms with E-state index in [9.17, 15) is 13.6 Å². The number of hydrogen-bond acceptors (Lipinski definition) is 2. The quantitative estimate of drug-likeness (QED) is 0.895. The normalized spacial score (nSPS) is 14.0. The summed E-state index contributed by atoms with van der Waals surface area (Å²) in [4.78, 5) is 14.4. The van der Waals surface area contributed by atoms with Crippen LogP contribution in [0.25, 0.3) is 0 Å². The van der Waals surface area contributed by atoms with Crippen molar-refractivity contribution in [2.45, 2.75) is 32.4 Å². The topological polar surface area (TPSA) is 41.6 Å². The first-order valence-corrected chi connectivity index (χ1v) is 8.31. The number of halogens is 2. The zero-order valence-electron chi connectivity index (χ0n) is 13.8. The van der Waals surface area contributed by atoms with Crippen LogP contribution in [0.4, 0.5) is 19.3 Å². The van der Waals surface area contributed by atoms with Gasteiger partial charge in [-0.2, -0.15) is 8.78 Å². The summed E-state index contributed by atoms with van der Waals surface area (Å²) in [7, 11) is 0. The van der Waals surface area contributed by atoms with Gasteiger partial charge in [0.05, 0.1) is 0 Å². The molecule has 0 atom stereocenters. The number of fused-ring (bicyclic) bond motifs is 1. The van der Waals surface area contributed by atoms with Crippen LogP contribution in [0.2, 0.25) is 0 Å². The van der Waals surface area contributed by atoms with Gasteiger partial charge in [-0.15, -0.1) is 0 Å². The van der Waals surface area contributed by atoms with E-state index >= 15 is 0 Å².